The van der Waals surface area contributed by atoms with E-state index in [1.807, 2.05) is 6.92 Å². The number of alkyl halides is 3. The van der Waals surface area contributed by atoms with E-state index in [2.05, 4.69) is 10.6 Å². The van der Waals surface area contributed by atoms with E-state index in [0.717, 1.165) is 6.42 Å². The Hall–Kier alpha value is -1.71. The van der Waals surface area contributed by atoms with E-state index in [-0.39, 0.29) is 19.0 Å². The lowest BCUT2D eigenvalue weighted by Crippen LogP contribution is -2.57. The Morgan fingerprint density at radius 1 is 1.18 bits per heavy atom. The van der Waals surface area contributed by atoms with Crippen LogP contribution in [-0.4, -0.2) is 69.0 Å². The number of piperazine rings is 1. The van der Waals surface area contributed by atoms with E-state index in [0.29, 0.717) is 44.3 Å². The highest BCUT2D eigenvalue weighted by Crippen LogP contribution is 2.24. The molecule has 10 heteroatoms. The van der Waals surface area contributed by atoms with Crippen LogP contribution in [0.3, 0.4) is 0 Å². The monoisotopic (exact) mass is 425 g/mol. The predicted octanol–water partition coefficient (Wildman–Crippen LogP) is 2.23. The number of hydrogen-bond acceptors (Lipinski definition) is 5. The molecule has 1 atom stereocenters. The fourth-order valence-electron chi connectivity index (χ4n) is 2.71. The van der Waals surface area contributed by atoms with Crippen molar-refractivity contribution in [3.05, 3.63) is 24.3 Å². The summed E-state index contributed by atoms with van der Waals surface area (Å²) in [5, 5.41) is 5.34. The molecule has 6 nitrogen and oxygen atoms in total. The maximum Gasteiger partial charge on any atom is 0.405 e. The molecule has 1 aliphatic heterocycles. The summed E-state index contributed by atoms with van der Waals surface area (Å²) in [6.07, 6.45) is -3.51. The van der Waals surface area contributed by atoms with Crippen molar-refractivity contribution in [3.63, 3.8) is 0 Å². The molecule has 1 aromatic carbocycles. The van der Waals surface area contributed by atoms with Crippen LogP contribution in [0.25, 0.3) is 0 Å². The molecule has 1 saturated heterocycles. The summed E-state index contributed by atoms with van der Waals surface area (Å²) in [4.78, 5) is 13.2. The second kappa shape index (κ2) is 12.0. The van der Waals surface area contributed by atoms with Crippen LogP contribution in [0.1, 0.15) is 13.3 Å². The molecule has 160 valence electrons. The Morgan fingerprint density at radius 3 is 2.29 bits per heavy atom. The standard InChI is InChI=1S/C18H26F3N3O3.ClH/c1-2-11-26-14-3-5-15(6-4-14)27-13-17(25)23-12-16(18(19,20)21)24-9-7-22-8-10-24;/h3-6,16,22H,2,7-13H2,1H3,(H,23,25);1H. The van der Waals surface area contributed by atoms with Gasteiger partial charge in [0.05, 0.1) is 6.61 Å². The smallest absolute Gasteiger partial charge is 0.405 e. The normalized spacial score (nSPS) is 16.0. The van der Waals surface area contributed by atoms with E-state index in [1.165, 1.54) is 4.90 Å². The summed E-state index contributed by atoms with van der Waals surface area (Å²) in [5.41, 5.74) is 0. The van der Waals surface area contributed by atoms with Crippen molar-refractivity contribution in [2.45, 2.75) is 25.6 Å². The fourth-order valence-corrected chi connectivity index (χ4v) is 2.71. The molecular formula is C18H27ClF3N3O3. The molecular weight excluding hydrogens is 399 g/mol. The first-order chi connectivity index (χ1) is 12.9. The summed E-state index contributed by atoms with van der Waals surface area (Å²) in [6, 6.07) is 5.04. The Bertz CT molecular complexity index is 582. The topological polar surface area (TPSA) is 62.8 Å². The molecule has 2 rings (SSSR count). The number of hydrogen-bond donors (Lipinski definition) is 2. The van der Waals surface area contributed by atoms with E-state index < -0.39 is 24.7 Å². The first kappa shape index (κ1) is 24.3. The van der Waals surface area contributed by atoms with Gasteiger partial charge >= 0.3 is 6.18 Å². The van der Waals surface area contributed by atoms with Crippen LogP contribution in [0.4, 0.5) is 13.2 Å². The average Bonchev–Trinajstić information content (AvgIpc) is 2.65. The number of benzene rings is 1. The van der Waals surface area contributed by atoms with Crippen LogP contribution in [0.15, 0.2) is 24.3 Å². The highest BCUT2D eigenvalue weighted by molar-refractivity contribution is 5.85. The number of rotatable bonds is 9. The third kappa shape index (κ3) is 8.12. The van der Waals surface area contributed by atoms with Gasteiger partial charge in [0.15, 0.2) is 6.61 Å². The second-order valence-electron chi connectivity index (χ2n) is 6.26. The zero-order valence-electron chi connectivity index (χ0n) is 15.8. The van der Waals surface area contributed by atoms with Crippen LogP contribution < -0.4 is 20.1 Å². The predicted molar refractivity (Wildman–Crippen MR) is 102 cm³/mol. The third-order valence-corrected chi connectivity index (χ3v) is 4.13. The lowest BCUT2D eigenvalue weighted by Gasteiger charge is -2.35. The van der Waals surface area contributed by atoms with Gasteiger partial charge in [-0.25, -0.2) is 0 Å². The Morgan fingerprint density at radius 2 is 1.75 bits per heavy atom. The van der Waals surface area contributed by atoms with Crippen LogP contribution >= 0.6 is 12.4 Å². The molecule has 1 unspecified atom stereocenters. The first-order valence-electron chi connectivity index (χ1n) is 9.04. The van der Waals surface area contributed by atoms with Crippen molar-refractivity contribution < 1.29 is 27.4 Å². The van der Waals surface area contributed by atoms with Gasteiger partial charge in [0.25, 0.3) is 5.91 Å². The molecule has 2 N–H and O–H groups in total. The van der Waals surface area contributed by atoms with Crippen molar-refractivity contribution in [1.29, 1.82) is 0 Å². The Labute approximate surface area is 169 Å². The van der Waals surface area contributed by atoms with Gasteiger partial charge in [-0.3, -0.25) is 9.69 Å². The Kier molecular flexibility index (Phi) is 10.4. The van der Waals surface area contributed by atoms with Crippen LogP contribution in [0.5, 0.6) is 11.5 Å². The summed E-state index contributed by atoms with van der Waals surface area (Å²) >= 11 is 0. The molecule has 1 fully saturated rings. The number of carbonyl (C=O) groups excluding carboxylic acids is 1. The minimum atomic E-state index is -4.40. The molecule has 1 aliphatic rings. The van der Waals surface area contributed by atoms with E-state index in [1.54, 1.807) is 24.3 Å². The van der Waals surface area contributed by atoms with Crippen molar-refractivity contribution in [1.82, 2.24) is 15.5 Å². The largest absolute Gasteiger partial charge is 0.494 e. The van der Waals surface area contributed by atoms with E-state index in [4.69, 9.17) is 9.47 Å². The van der Waals surface area contributed by atoms with Crippen molar-refractivity contribution >= 4 is 18.3 Å². The van der Waals surface area contributed by atoms with Gasteiger partial charge in [0.1, 0.15) is 17.5 Å². The van der Waals surface area contributed by atoms with Crippen LogP contribution in [-0.2, 0) is 4.79 Å². The van der Waals surface area contributed by atoms with E-state index >= 15 is 0 Å². The summed E-state index contributed by atoms with van der Waals surface area (Å²) in [5.74, 6) is 0.548. The lowest BCUT2D eigenvalue weighted by atomic mass is 10.2. The van der Waals surface area contributed by atoms with E-state index in [9.17, 15) is 18.0 Å². The summed E-state index contributed by atoms with van der Waals surface area (Å²) in [7, 11) is 0. The second-order valence-corrected chi connectivity index (χ2v) is 6.26. The number of carbonyl (C=O) groups is 1. The molecule has 0 aromatic heterocycles. The van der Waals surface area contributed by atoms with Gasteiger partial charge in [-0.05, 0) is 30.7 Å². The molecule has 28 heavy (non-hydrogen) atoms. The quantitative estimate of drug-likeness (QED) is 0.635. The number of nitrogens with zero attached hydrogens (tertiary/aromatic N) is 1. The Balaban J connectivity index is 0.00000392. The fraction of sp³-hybridized carbons (Fsp3) is 0.611. The molecule has 0 spiro atoms. The SMILES string of the molecule is CCCOc1ccc(OCC(=O)NCC(N2CCNCC2)C(F)(F)F)cc1.Cl. The number of amides is 1. The number of nitrogens with one attached hydrogen (secondary N) is 2. The molecule has 0 saturated carbocycles. The molecule has 1 heterocycles. The van der Waals surface area contributed by atoms with Gasteiger partial charge in [0.2, 0.25) is 0 Å². The third-order valence-electron chi connectivity index (χ3n) is 4.13. The van der Waals surface area contributed by atoms with Crippen molar-refractivity contribution in [2.24, 2.45) is 0 Å². The minimum absolute atomic E-state index is 0. The molecule has 1 amide bonds. The number of ether oxygens (including phenoxy) is 2. The van der Waals surface area contributed by atoms with Gasteiger partial charge in [-0.2, -0.15) is 13.2 Å². The number of halogens is 4. The molecule has 0 radical (unpaired) electrons. The van der Waals surface area contributed by atoms with Crippen molar-refractivity contribution in [2.75, 3.05) is 45.9 Å². The lowest BCUT2D eigenvalue weighted by molar-refractivity contribution is -0.184. The van der Waals surface area contributed by atoms with Gasteiger partial charge < -0.3 is 20.1 Å². The highest BCUT2D eigenvalue weighted by Gasteiger charge is 2.43. The average molecular weight is 426 g/mol. The maximum atomic E-state index is 13.3. The zero-order valence-corrected chi connectivity index (χ0v) is 16.6. The van der Waals surface area contributed by atoms with Crippen LogP contribution in [0.2, 0.25) is 0 Å². The minimum Gasteiger partial charge on any atom is -0.494 e. The molecule has 0 bridgehead atoms. The van der Waals surface area contributed by atoms with Gasteiger partial charge in [-0.1, -0.05) is 6.92 Å². The first-order valence-corrected chi connectivity index (χ1v) is 9.04. The molecule has 0 aliphatic carbocycles. The summed E-state index contributed by atoms with van der Waals surface area (Å²) in [6.45, 7) is 3.36. The van der Waals surface area contributed by atoms with Gasteiger partial charge in [-0.15, -0.1) is 12.4 Å². The maximum absolute atomic E-state index is 13.3. The zero-order chi connectivity index (χ0) is 19.7. The van der Waals surface area contributed by atoms with Crippen LogP contribution in [0, 0.1) is 0 Å². The van der Waals surface area contributed by atoms with Crippen molar-refractivity contribution in [3.8, 4) is 11.5 Å². The highest BCUT2D eigenvalue weighted by atomic mass is 35.5. The molecule has 1 aromatic rings. The van der Waals surface area contributed by atoms with Gasteiger partial charge in [0, 0.05) is 32.7 Å². The summed E-state index contributed by atoms with van der Waals surface area (Å²) < 4.78 is 50.6.